The summed E-state index contributed by atoms with van der Waals surface area (Å²) in [6.07, 6.45) is 5.32. The Morgan fingerprint density at radius 2 is 2.12 bits per heavy atom. The molecule has 2 aliphatic heterocycles. The van der Waals surface area contributed by atoms with E-state index in [-0.39, 0.29) is 11.6 Å². The summed E-state index contributed by atoms with van der Waals surface area (Å²) in [6.45, 7) is 5.52. The summed E-state index contributed by atoms with van der Waals surface area (Å²) in [5.74, 6) is 0. The molecule has 100 valence electrons. The van der Waals surface area contributed by atoms with Crippen LogP contribution in [0, 0.1) is 0 Å². The van der Waals surface area contributed by atoms with Crippen LogP contribution in [0.15, 0.2) is 0 Å². The molecular weight excluding hydrogens is 216 g/mol. The van der Waals surface area contributed by atoms with Gasteiger partial charge in [-0.3, -0.25) is 4.90 Å². The largest absolute Gasteiger partial charge is 0.377 e. The van der Waals surface area contributed by atoms with Gasteiger partial charge in [-0.15, -0.1) is 0 Å². The minimum Gasteiger partial charge on any atom is -0.377 e. The van der Waals surface area contributed by atoms with E-state index in [1.54, 1.807) is 0 Å². The van der Waals surface area contributed by atoms with Crippen LogP contribution in [0.2, 0.25) is 0 Å². The molecule has 2 aliphatic rings. The fraction of sp³-hybridized carbons (Fsp3) is 1.00. The lowest BCUT2D eigenvalue weighted by Gasteiger charge is -2.42. The van der Waals surface area contributed by atoms with Crippen LogP contribution in [0.25, 0.3) is 0 Å². The standard InChI is InChI=1S/C13H26N2O2/c1-11-13(10-14,6-8-16-11)15(2)9-12-5-3-4-7-17-12/h11-12H,3-10,14H2,1-2H3. The fourth-order valence-electron chi connectivity index (χ4n) is 3.13. The van der Waals surface area contributed by atoms with Crippen LogP contribution in [-0.4, -0.2) is 56.0 Å². The van der Waals surface area contributed by atoms with E-state index in [0.29, 0.717) is 12.6 Å². The smallest absolute Gasteiger partial charge is 0.0743 e. The lowest BCUT2D eigenvalue weighted by molar-refractivity contribution is -0.0373. The summed E-state index contributed by atoms with van der Waals surface area (Å²) < 4.78 is 11.5. The van der Waals surface area contributed by atoms with Gasteiger partial charge in [-0.2, -0.15) is 0 Å². The number of hydrogen-bond acceptors (Lipinski definition) is 4. The first-order chi connectivity index (χ1) is 8.19. The second-order valence-electron chi connectivity index (χ2n) is 5.44. The molecule has 3 unspecified atom stereocenters. The molecule has 0 aromatic heterocycles. The van der Waals surface area contributed by atoms with E-state index in [4.69, 9.17) is 15.2 Å². The van der Waals surface area contributed by atoms with Crippen LogP contribution < -0.4 is 5.73 Å². The molecule has 0 bridgehead atoms. The van der Waals surface area contributed by atoms with E-state index in [0.717, 1.165) is 26.2 Å². The Balaban J connectivity index is 1.94. The SMILES string of the molecule is CC1OCCC1(CN)N(C)CC1CCCCO1. The monoisotopic (exact) mass is 242 g/mol. The summed E-state index contributed by atoms with van der Waals surface area (Å²) in [4.78, 5) is 2.38. The first kappa shape index (κ1) is 13.3. The van der Waals surface area contributed by atoms with Gasteiger partial charge in [0.1, 0.15) is 0 Å². The van der Waals surface area contributed by atoms with Crippen LogP contribution in [0.1, 0.15) is 32.6 Å². The van der Waals surface area contributed by atoms with Gasteiger partial charge in [0.2, 0.25) is 0 Å². The van der Waals surface area contributed by atoms with Gasteiger partial charge in [0.05, 0.1) is 17.7 Å². The van der Waals surface area contributed by atoms with Crippen molar-refractivity contribution in [2.24, 2.45) is 5.73 Å². The second-order valence-corrected chi connectivity index (χ2v) is 5.44. The van der Waals surface area contributed by atoms with Crippen LogP contribution in [-0.2, 0) is 9.47 Å². The lowest BCUT2D eigenvalue weighted by Crippen LogP contribution is -2.58. The summed E-state index contributed by atoms with van der Waals surface area (Å²) in [5.41, 5.74) is 6.02. The maximum absolute atomic E-state index is 6.00. The van der Waals surface area contributed by atoms with Gasteiger partial charge < -0.3 is 15.2 Å². The van der Waals surface area contributed by atoms with Crippen LogP contribution in [0.3, 0.4) is 0 Å². The maximum atomic E-state index is 6.00. The van der Waals surface area contributed by atoms with Gasteiger partial charge in [0.25, 0.3) is 0 Å². The number of rotatable bonds is 4. The van der Waals surface area contributed by atoms with Crippen LogP contribution in [0.5, 0.6) is 0 Å². The number of likely N-dealkylation sites (N-methyl/N-ethyl adjacent to an activating group) is 1. The van der Waals surface area contributed by atoms with E-state index in [1.807, 2.05) is 0 Å². The average molecular weight is 242 g/mol. The molecule has 0 radical (unpaired) electrons. The highest BCUT2D eigenvalue weighted by atomic mass is 16.5. The first-order valence-electron chi connectivity index (χ1n) is 6.83. The van der Waals surface area contributed by atoms with Crippen molar-refractivity contribution >= 4 is 0 Å². The number of nitrogens with zero attached hydrogens (tertiary/aromatic N) is 1. The van der Waals surface area contributed by atoms with E-state index >= 15 is 0 Å². The Hall–Kier alpha value is -0.160. The normalized spacial score (nSPS) is 38.8. The van der Waals surface area contributed by atoms with E-state index < -0.39 is 0 Å². The quantitative estimate of drug-likeness (QED) is 0.799. The van der Waals surface area contributed by atoms with E-state index in [9.17, 15) is 0 Å². The van der Waals surface area contributed by atoms with Gasteiger partial charge in [-0.25, -0.2) is 0 Å². The third-order valence-corrected chi connectivity index (χ3v) is 4.52. The highest BCUT2D eigenvalue weighted by Gasteiger charge is 2.44. The second kappa shape index (κ2) is 5.65. The van der Waals surface area contributed by atoms with Gasteiger partial charge >= 0.3 is 0 Å². The molecule has 2 N–H and O–H groups in total. The Bertz CT molecular complexity index is 244. The van der Waals surface area contributed by atoms with Crippen molar-refractivity contribution in [2.75, 3.05) is 33.4 Å². The topological polar surface area (TPSA) is 47.7 Å². The molecule has 0 saturated carbocycles. The molecule has 0 aromatic carbocycles. The molecule has 0 spiro atoms. The minimum atomic E-state index is 0.0147. The summed E-state index contributed by atoms with van der Waals surface area (Å²) in [5, 5.41) is 0. The maximum Gasteiger partial charge on any atom is 0.0743 e. The zero-order chi connectivity index (χ0) is 12.3. The molecule has 4 nitrogen and oxygen atoms in total. The minimum absolute atomic E-state index is 0.0147. The van der Waals surface area contributed by atoms with E-state index in [2.05, 4.69) is 18.9 Å². The molecule has 17 heavy (non-hydrogen) atoms. The van der Waals surface area contributed by atoms with E-state index in [1.165, 1.54) is 19.3 Å². The molecule has 2 rings (SSSR count). The Labute approximate surface area is 104 Å². The molecule has 2 saturated heterocycles. The third-order valence-electron chi connectivity index (χ3n) is 4.52. The molecular formula is C13H26N2O2. The van der Waals surface area contributed by atoms with Gasteiger partial charge in [-0.05, 0) is 39.7 Å². The van der Waals surface area contributed by atoms with Crippen molar-refractivity contribution in [1.82, 2.24) is 4.90 Å². The summed E-state index contributed by atoms with van der Waals surface area (Å²) in [6, 6.07) is 0. The summed E-state index contributed by atoms with van der Waals surface area (Å²) >= 11 is 0. The van der Waals surface area contributed by atoms with Crippen molar-refractivity contribution in [3.8, 4) is 0 Å². The fourth-order valence-corrected chi connectivity index (χ4v) is 3.13. The van der Waals surface area contributed by atoms with Crippen molar-refractivity contribution < 1.29 is 9.47 Å². The predicted molar refractivity (Wildman–Crippen MR) is 68.0 cm³/mol. The molecule has 2 heterocycles. The van der Waals surface area contributed by atoms with Crippen molar-refractivity contribution in [3.63, 3.8) is 0 Å². The number of nitrogens with two attached hydrogens (primary N) is 1. The summed E-state index contributed by atoms with van der Waals surface area (Å²) in [7, 11) is 2.16. The molecule has 4 heteroatoms. The van der Waals surface area contributed by atoms with Crippen LogP contribution >= 0.6 is 0 Å². The molecule has 0 amide bonds. The molecule has 3 atom stereocenters. The highest BCUT2D eigenvalue weighted by molar-refractivity contribution is 5.00. The first-order valence-corrected chi connectivity index (χ1v) is 6.83. The Kier molecular flexibility index (Phi) is 4.42. The van der Waals surface area contributed by atoms with Gasteiger partial charge in [-0.1, -0.05) is 0 Å². The third kappa shape index (κ3) is 2.65. The van der Waals surface area contributed by atoms with Gasteiger partial charge in [0.15, 0.2) is 0 Å². The van der Waals surface area contributed by atoms with Gasteiger partial charge in [0, 0.05) is 26.3 Å². The number of hydrogen-bond donors (Lipinski definition) is 1. The Morgan fingerprint density at radius 1 is 1.29 bits per heavy atom. The highest BCUT2D eigenvalue weighted by Crippen LogP contribution is 2.31. The molecule has 0 aromatic rings. The van der Waals surface area contributed by atoms with Crippen molar-refractivity contribution in [1.29, 1.82) is 0 Å². The lowest BCUT2D eigenvalue weighted by atomic mass is 9.89. The predicted octanol–water partition coefficient (Wildman–Crippen LogP) is 0.994. The zero-order valence-corrected chi connectivity index (χ0v) is 11.2. The Morgan fingerprint density at radius 3 is 2.65 bits per heavy atom. The zero-order valence-electron chi connectivity index (χ0n) is 11.2. The molecule has 0 aliphatic carbocycles. The average Bonchev–Trinajstić information content (AvgIpc) is 2.73. The molecule has 2 fully saturated rings. The number of ether oxygens (including phenoxy) is 2. The van der Waals surface area contributed by atoms with Crippen molar-refractivity contribution in [2.45, 2.75) is 50.4 Å². The van der Waals surface area contributed by atoms with Crippen LogP contribution in [0.4, 0.5) is 0 Å². The van der Waals surface area contributed by atoms with Crippen molar-refractivity contribution in [3.05, 3.63) is 0 Å².